The predicted molar refractivity (Wildman–Crippen MR) is 125 cm³/mol. The van der Waals surface area contributed by atoms with Crippen LogP contribution in [0.2, 0.25) is 0 Å². The SMILES string of the molecule is CC(C)C(N)C(=O)NC(CS)C(=O)NC(CCCCN)C(=O)NC(Cc1cnc[nH]1)C(=O)O. The van der Waals surface area contributed by atoms with Gasteiger partial charge in [0.25, 0.3) is 0 Å². The summed E-state index contributed by atoms with van der Waals surface area (Å²) in [7, 11) is 0. The molecule has 3 amide bonds. The minimum Gasteiger partial charge on any atom is -0.480 e. The highest BCUT2D eigenvalue weighted by atomic mass is 32.1. The van der Waals surface area contributed by atoms with E-state index in [1.54, 1.807) is 13.8 Å². The van der Waals surface area contributed by atoms with Crippen LogP contribution in [-0.4, -0.2) is 75.2 Å². The molecule has 0 aliphatic carbocycles. The van der Waals surface area contributed by atoms with Crippen LogP contribution in [-0.2, 0) is 25.6 Å². The molecule has 0 aliphatic heterocycles. The van der Waals surface area contributed by atoms with Gasteiger partial charge in [0.05, 0.1) is 12.4 Å². The van der Waals surface area contributed by atoms with Gasteiger partial charge in [-0.25, -0.2) is 9.78 Å². The molecule has 0 saturated heterocycles. The molecule has 9 N–H and O–H groups in total. The van der Waals surface area contributed by atoms with Crippen LogP contribution in [0.4, 0.5) is 0 Å². The van der Waals surface area contributed by atoms with E-state index in [2.05, 4.69) is 38.5 Å². The number of carboxylic acid groups (broad SMARTS) is 1. The molecule has 1 aromatic heterocycles. The highest BCUT2D eigenvalue weighted by Gasteiger charge is 2.30. The molecule has 0 bridgehead atoms. The molecule has 186 valence electrons. The molecule has 12 nitrogen and oxygen atoms in total. The zero-order chi connectivity index (χ0) is 25.0. The number of imidazole rings is 1. The lowest BCUT2D eigenvalue weighted by atomic mass is 10.0. The Bertz CT molecular complexity index is 775. The summed E-state index contributed by atoms with van der Waals surface area (Å²) in [4.78, 5) is 56.2. The fraction of sp³-hybridized carbons (Fsp3) is 0.650. The van der Waals surface area contributed by atoms with Gasteiger partial charge in [0.1, 0.15) is 18.1 Å². The Kier molecular flexibility index (Phi) is 12.5. The van der Waals surface area contributed by atoms with Gasteiger partial charge in [-0.05, 0) is 31.7 Å². The predicted octanol–water partition coefficient (Wildman–Crippen LogP) is -1.47. The van der Waals surface area contributed by atoms with Gasteiger partial charge in [-0.1, -0.05) is 13.8 Å². The van der Waals surface area contributed by atoms with E-state index >= 15 is 0 Å². The van der Waals surface area contributed by atoms with Crippen LogP contribution in [0, 0.1) is 5.92 Å². The van der Waals surface area contributed by atoms with Crippen molar-refractivity contribution in [2.24, 2.45) is 17.4 Å². The van der Waals surface area contributed by atoms with E-state index in [1.807, 2.05) is 0 Å². The first-order valence-corrected chi connectivity index (χ1v) is 11.4. The second-order valence-electron chi connectivity index (χ2n) is 8.04. The van der Waals surface area contributed by atoms with Crippen LogP contribution in [0.15, 0.2) is 12.5 Å². The van der Waals surface area contributed by atoms with Crippen LogP contribution in [0.1, 0.15) is 38.8 Å². The highest BCUT2D eigenvalue weighted by Crippen LogP contribution is 2.06. The normalized spacial score (nSPS) is 14.7. The Morgan fingerprint density at radius 2 is 1.67 bits per heavy atom. The third kappa shape index (κ3) is 9.80. The number of H-pyrrole nitrogens is 1. The van der Waals surface area contributed by atoms with Crippen molar-refractivity contribution in [1.29, 1.82) is 0 Å². The lowest BCUT2D eigenvalue weighted by Crippen LogP contribution is -2.58. The number of aromatic amines is 1. The van der Waals surface area contributed by atoms with E-state index in [4.69, 9.17) is 11.5 Å². The molecular formula is C20H35N7O5S. The summed E-state index contributed by atoms with van der Waals surface area (Å²) >= 11 is 4.12. The van der Waals surface area contributed by atoms with Crippen LogP contribution < -0.4 is 27.4 Å². The Labute approximate surface area is 198 Å². The lowest BCUT2D eigenvalue weighted by Gasteiger charge is -2.25. The topological polar surface area (TPSA) is 205 Å². The van der Waals surface area contributed by atoms with Crippen LogP contribution in [0.25, 0.3) is 0 Å². The summed E-state index contributed by atoms with van der Waals surface area (Å²) in [6.07, 6.45) is 4.25. The molecular weight excluding hydrogens is 450 g/mol. The number of nitrogens with two attached hydrogens (primary N) is 2. The molecule has 13 heteroatoms. The smallest absolute Gasteiger partial charge is 0.326 e. The minimum absolute atomic E-state index is 0.00699. The van der Waals surface area contributed by atoms with E-state index in [0.717, 1.165) is 0 Å². The monoisotopic (exact) mass is 485 g/mol. The van der Waals surface area contributed by atoms with Gasteiger partial charge >= 0.3 is 5.97 Å². The number of nitrogens with one attached hydrogen (secondary N) is 4. The molecule has 33 heavy (non-hydrogen) atoms. The Morgan fingerprint density at radius 3 is 2.18 bits per heavy atom. The van der Waals surface area contributed by atoms with Gasteiger partial charge in [0, 0.05) is 24.1 Å². The van der Waals surface area contributed by atoms with E-state index in [1.165, 1.54) is 12.5 Å². The first-order valence-electron chi connectivity index (χ1n) is 10.8. The first kappa shape index (κ1) is 28.4. The van der Waals surface area contributed by atoms with Gasteiger partial charge in [-0.2, -0.15) is 12.6 Å². The Hall–Kier alpha value is -2.64. The van der Waals surface area contributed by atoms with Crippen molar-refractivity contribution < 1.29 is 24.3 Å². The first-order chi connectivity index (χ1) is 15.6. The fourth-order valence-electron chi connectivity index (χ4n) is 2.89. The largest absolute Gasteiger partial charge is 0.480 e. The maximum Gasteiger partial charge on any atom is 0.326 e. The number of hydrogen-bond acceptors (Lipinski definition) is 8. The standard InChI is InChI=1S/C20H35N7O5S/c1-11(2)16(22)19(30)27-15(9-33)18(29)25-13(5-3-4-6-21)17(28)26-14(20(31)32)7-12-8-23-10-24-12/h8,10-11,13-16,33H,3-7,9,21-22H2,1-2H3,(H,23,24)(H,25,29)(H,26,28)(H,27,30)(H,31,32). The summed E-state index contributed by atoms with van der Waals surface area (Å²) in [5.41, 5.74) is 11.9. The maximum atomic E-state index is 12.9. The van der Waals surface area contributed by atoms with Gasteiger partial charge in [-0.3, -0.25) is 14.4 Å². The van der Waals surface area contributed by atoms with Gasteiger partial charge in [0.15, 0.2) is 0 Å². The molecule has 1 heterocycles. The number of carboxylic acids is 1. The van der Waals surface area contributed by atoms with Crippen LogP contribution >= 0.6 is 12.6 Å². The van der Waals surface area contributed by atoms with Crippen molar-refractivity contribution in [3.05, 3.63) is 18.2 Å². The number of hydrogen-bond donors (Lipinski definition) is 8. The number of unbranched alkanes of at least 4 members (excludes halogenated alkanes) is 1. The number of carbonyl (C=O) groups excluding carboxylic acids is 3. The second kappa shape index (κ2) is 14.5. The summed E-state index contributed by atoms with van der Waals surface area (Å²) in [6.45, 7) is 3.96. The number of carbonyl (C=O) groups is 4. The summed E-state index contributed by atoms with van der Waals surface area (Å²) < 4.78 is 0. The molecule has 4 atom stereocenters. The molecule has 0 radical (unpaired) electrons. The van der Waals surface area contributed by atoms with Crippen molar-refractivity contribution in [2.45, 2.75) is 63.7 Å². The van der Waals surface area contributed by atoms with Gasteiger partial charge < -0.3 is 37.5 Å². The third-order valence-corrected chi connectivity index (χ3v) is 5.38. The Morgan fingerprint density at radius 1 is 1.06 bits per heavy atom. The number of thiol groups is 1. The van der Waals surface area contributed by atoms with Crippen molar-refractivity contribution in [2.75, 3.05) is 12.3 Å². The van der Waals surface area contributed by atoms with Crippen molar-refractivity contribution in [3.63, 3.8) is 0 Å². The zero-order valence-corrected chi connectivity index (χ0v) is 19.8. The van der Waals surface area contributed by atoms with E-state index in [0.29, 0.717) is 25.1 Å². The van der Waals surface area contributed by atoms with E-state index in [-0.39, 0.29) is 24.5 Å². The zero-order valence-electron chi connectivity index (χ0n) is 18.9. The molecule has 1 aromatic rings. The fourth-order valence-corrected chi connectivity index (χ4v) is 3.14. The summed E-state index contributed by atoms with van der Waals surface area (Å²) in [5, 5.41) is 17.1. The molecule has 0 fully saturated rings. The van der Waals surface area contributed by atoms with Gasteiger partial charge in [-0.15, -0.1) is 0 Å². The van der Waals surface area contributed by atoms with Crippen molar-refractivity contribution in [3.8, 4) is 0 Å². The average molecular weight is 486 g/mol. The number of aliphatic carboxylic acids is 1. The molecule has 1 rings (SSSR count). The molecule has 0 saturated carbocycles. The molecule has 0 aromatic carbocycles. The summed E-state index contributed by atoms with van der Waals surface area (Å²) in [6, 6.07) is -4.07. The van der Waals surface area contributed by atoms with Crippen LogP contribution in [0.5, 0.6) is 0 Å². The number of rotatable bonds is 15. The maximum absolute atomic E-state index is 12.9. The van der Waals surface area contributed by atoms with Gasteiger partial charge in [0.2, 0.25) is 17.7 Å². The number of nitrogens with zero attached hydrogens (tertiary/aromatic N) is 1. The van der Waals surface area contributed by atoms with E-state index < -0.39 is 47.9 Å². The lowest BCUT2D eigenvalue weighted by molar-refractivity contribution is -0.142. The molecule has 4 unspecified atom stereocenters. The second-order valence-corrected chi connectivity index (χ2v) is 8.40. The van der Waals surface area contributed by atoms with Crippen molar-refractivity contribution in [1.82, 2.24) is 25.9 Å². The number of amides is 3. The minimum atomic E-state index is -1.23. The van der Waals surface area contributed by atoms with Crippen molar-refractivity contribution >= 4 is 36.3 Å². The summed E-state index contributed by atoms with van der Waals surface area (Å²) in [5.74, 6) is -3.16. The average Bonchev–Trinajstić information content (AvgIpc) is 3.28. The quantitative estimate of drug-likeness (QED) is 0.108. The van der Waals surface area contributed by atoms with E-state index in [9.17, 15) is 24.3 Å². The molecule has 0 spiro atoms. The third-order valence-electron chi connectivity index (χ3n) is 5.01. The molecule has 0 aliphatic rings. The Balaban J connectivity index is 2.88. The number of aromatic nitrogens is 2. The highest BCUT2D eigenvalue weighted by molar-refractivity contribution is 7.80. The van der Waals surface area contributed by atoms with Crippen LogP contribution in [0.3, 0.4) is 0 Å².